The number of guanidine groups is 1. The van der Waals surface area contributed by atoms with E-state index in [4.69, 9.17) is 9.47 Å². The van der Waals surface area contributed by atoms with Crippen molar-refractivity contribution in [2.24, 2.45) is 10.9 Å². The molecule has 160 valence electrons. The van der Waals surface area contributed by atoms with E-state index in [1.54, 1.807) is 14.2 Å². The number of aliphatic imine (C=N–C) groups is 1. The largest absolute Gasteiger partial charge is 0.493 e. The number of imidazole rings is 1. The van der Waals surface area contributed by atoms with Gasteiger partial charge in [0.15, 0.2) is 5.96 Å². The second kappa shape index (κ2) is 12.1. The molecule has 1 aromatic heterocycles. The second-order valence-electron chi connectivity index (χ2n) is 7.47. The summed E-state index contributed by atoms with van der Waals surface area (Å²) in [4.78, 5) is 8.78. The number of methoxy groups -OCH3 is 1. The number of ether oxygens (including phenoxy) is 2. The van der Waals surface area contributed by atoms with Gasteiger partial charge >= 0.3 is 0 Å². The van der Waals surface area contributed by atoms with Gasteiger partial charge in [0.25, 0.3) is 0 Å². The minimum atomic E-state index is 0.573. The summed E-state index contributed by atoms with van der Waals surface area (Å²) < 4.78 is 13.2. The molecule has 2 rings (SSSR count). The quantitative estimate of drug-likeness (QED) is 0.344. The molecule has 1 heterocycles. The Hall–Kier alpha value is -2.54. The van der Waals surface area contributed by atoms with Crippen LogP contribution in [-0.2, 0) is 24.4 Å². The van der Waals surface area contributed by atoms with E-state index in [0.717, 1.165) is 36.1 Å². The number of hydrogen-bond donors (Lipinski definition) is 2. The monoisotopic (exact) mass is 401 g/mol. The third-order valence-electron chi connectivity index (χ3n) is 4.42. The van der Waals surface area contributed by atoms with E-state index in [-0.39, 0.29) is 0 Å². The molecular weight excluding hydrogens is 366 g/mol. The van der Waals surface area contributed by atoms with Crippen LogP contribution in [0.2, 0.25) is 0 Å². The van der Waals surface area contributed by atoms with Crippen LogP contribution < -0.4 is 15.4 Å². The maximum absolute atomic E-state index is 5.96. The molecule has 0 amide bonds. The molecule has 7 nitrogen and oxygen atoms in total. The third kappa shape index (κ3) is 7.77. The summed E-state index contributed by atoms with van der Waals surface area (Å²) in [6.45, 7) is 10.0. The molecule has 0 radical (unpaired) electrons. The lowest BCUT2D eigenvalue weighted by molar-refractivity contribution is 0.171. The van der Waals surface area contributed by atoms with Crippen molar-refractivity contribution in [1.82, 2.24) is 20.2 Å². The zero-order valence-electron chi connectivity index (χ0n) is 18.4. The van der Waals surface area contributed by atoms with Crippen molar-refractivity contribution in [2.45, 2.75) is 46.8 Å². The fourth-order valence-corrected chi connectivity index (χ4v) is 2.96. The van der Waals surface area contributed by atoms with Crippen LogP contribution in [0.5, 0.6) is 5.75 Å². The average Bonchev–Trinajstić information content (AvgIpc) is 3.13. The summed E-state index contributed by atoms with van der Waals surface area (Å²) in [7, 11) is 3.48. The van der Waals surface area contributed by atoms with Gasteiger partial charge in [-0.1, -0.05) is 26.0 Å². The fraction of sp³-hybridized carbons (Fsp3) is 0.545. The highest BCUT2D eigenvalue weighted by atomic mass is 16.5. The van der Waals surface area contributed by atoms with Gasteiger partial charge in [0, 0.05) is 58.2 Å². The Balaban J connectivity index is 1.91. The Morgan fingerprint density at radius 3 is 2.72 bits per heavy atom. The molecule has 0 aliphatic carbocycles. The Kier molecular flexibility index (Phi) is 9.50. The van der Waals surface area contributed by atoms with Gasteiger partial charge in [-0.15, -0.1) is 0 Å². The van der Waals surface area contributed by atoms with Gasteiger partial charge in [0.05, 0.1) is 13.2 Å². The maximum atomic E-state index is 5.96. The maximum Gasteiger partial charge on any atom is 0.191 e. The first-order valence-electron chi connectivity index (χ1n) is 10.2. The predicted molar refractivity (Wildman–Crippen MR) is 117 cm³/mol. The van der Waals surface area contributed by atoms with Gasteiger partial charge in [-0.05, 0) is 24.5 Å². The van der Waals surface area contributed by atoms with E-state index >= 15 is 0 Å². The van der Waals surface area contributed by atoms with Crippen molar-refractivity contribution in [3.8, 4) is 5.75 Å². The summed E-state index contributed by atoms with van der Waals surface area (Å²) in [6.07, 6.45) is 4.73. The van der Waals surface area contributed by atoms with Crippen LogP contribution in [0.1, 0.15) is 37.2 Å². The molecule has 0 fully saturated rings. The van der Waals surface area contributed by atoms with E-state index in [2.05, 4.69) is 64.1 Å². The summed E-state index contributed by atoms with van der Waals surface area (Å²) in [5, 5.41) is 6.71. The van der Waals surface area contributed by atoms with Crippen LogP contribution in [0.25, 0.3) is 0 Å². The first-order valence-corrected chi connectivity index (χ1v) is 10.2. The minimum absolute atomic E-state index is 0.573. The van der Waals surface area contributed by atoms with Crippen molar-refractivity contribution in [3.63, 3.8) is 0 Å². The number of nitrogens with zero attached hydrogens (tertiary/aromatic N) is 3. The number of rotatable bonds is 11. The standard InChI is InChI=1S/C22H35N5O2/c1-17(2)16-27-10-9-24-21(27)15-26-22(23-4)25-14-19-8-7-18(3)13-20(19)29-12-6-11-28-5/h7-10,13,17H,6,11-12,14-16H2,1-5H3,(H2,23,25,26). The van der Waals surface area contributed by atoms with Gasteiger partial charge in [0.2, 0.25) is 0 Å². The molecule has 1 aromatic carbocycles. The van der Waals surface area contributed by atoms with Gasteiger partial charge in [-0.3, -0.25) is 4.99 Å². The molecule has 0 bridgehead atoms. The lowest BCUT2D eigenvalue weighted by Crippen LogP contribution is -2.37. The number of aromatic nitrogens is 2. The Labute approximate surface area is 174 Å². The molecule has 2 aromatic rings. The van der Waals surface area contributed by atoms with Crippen molar-refractivity contribution in [3.05, 3.63) is 47.5 Å². The second-order valence-corrected chi connectivity index (χ2v) is 7.47. The molecule has 0 saturated heterocycles. The van der Waals surface area contributed by atoms with Crippen molar-refractivity contribution >= 4 is 5.96 Å². The molecule has 0 aliphatic heterocycles. The van der Waals surface area contributed by atoms with Crippen molar-refractivity contribution in [2.75, 3.05) is 27.4 Å². The minimum Gasteiger partial charge on any atom is -0.493 e. The van der Waals surface area contributed by atoms with Crippen LogP contribution in [0.15, 0.2) is 35.6 Å². The molecule has 0 saturated carbocycles. The fourth-order valence-electron chi connectivity index (χ4n) is 2.96. The molecule has 0 atom stereocenters. The summed E-state index contributed by atoms with van der Waals surface area (Å²) in [6, 6.07) is 6.26. The van der Waals surface area contributed by atoms with E-state index < -0.39 is 0 Å². The number of nitrogens with one attached hydrogen (secondary N) is 2. The number of hydrogen-bond acceptors (Lipinski definition) is 4. The molecular formula is C22H35N5O2. The first-order chi connectivity index (χ1) is 14.0. The molecule has 29 heavy (non-hydrogen) atoms. The Morgan fingerprint density at radius 1 is 1.21 bits per heavy atom. The van der Waals surface area contributed by atoms with Crippen LogP contribution in [-0.4, -0.2) is 42.9 Å². The zero-order valence-corrected chi connectivity index (χ0v) is 18.4. The van der Waals surface area contributed by atoms with E-state index in [0.29, 0.717) is 32.2 Å². The number of aryl methyl sites for hydroxylation is 1. The smallest absolute Gasteiger partial charge is 0.191 e. The van der Waals surface area contributed by atoms with Crippen LogP contribution in [0.4, 0.5) is 0 Å². The molecule has 0 aliphatic rings. The van der Waals surface area contributed by atoms with Gasteiger partial charge < -0.3 is 24.7 Å². The Bertz CT molecular complexity index is 770. The molecule has 0 unspecified atom stereocenters. The van der Waals surface area contributed by atoms with Crippen molar-refractivity contribution < 1.29 is 9.47 Å². The van der Waals surface area contributed by atoms with E-state index in [9.17, 15) is 0 Å². The predicted octanol–water partition coefficient (Wildman–Crippen LogP) is 3.13. The highest BCUT2D eigenvalue weighted by Gasteiger charge is 2.08. The summed E-state index contributed by atoms with van der Waals surface area (Å²) in [5.74, 6) is 3.20. The van der Waals surface area contributed by atoms with Gasteiger partial charge in [-0.2, -0.15) is 0 Å². The van der Waals surface area contributed by atoms with E-state index in [1.165, 1.54) is 5.56 Å². The Morgan fingerprint density at radius 2 is 2.00 bits per heavy atom. The third-order valence-corrected chi connectivity index (χ3v) is 4.42. The molecule has 7 heteroatoms. The first kappa shape index (κ1) is 22.7. The van der Waals surface area contributed by atoms with Gasteiger partial charge in [-0.25, -0.2) is 4.98 Å². The highest BCUT2D eigenvalue weighted by molar-refractivity contribution is 5.79. The molecule has 2 N–H and O–H groups in total. The molecule has 0 spiro atoms. The average molecular weight is 402 g/mol. The number of benzene rings is 1. The van der Waals surface area contributed by atoms with E-state index in [1.807, 2.05) is 12.4 Å². The van der Waals surface area contributed by atoms with Crippen molar-refractivity contribution in [1.29, 1.82) is 0 Å². The lowest BCUT2D eigenvalue weighted by Gasteiger charge is -2.16. The normalized spacial score (nSPS) is 11.7. The SMILES string of the molecule is CN=C(NCc1ccc(C)cc1OCCCOC)NCc1nccn1CC(C)C. The van der Waals surface area contributed by atoms with Crippen LogP contribution in [0.3, 0.4) is 0 Å². The van der Waals surface area contributed by atoms with Gasteiger partial charge in [0.1, 0.15) is 11.6 Å². The van der Waals surface area contributed by atoms with Crippen LogP contribution >= 0.6 is 0 Å². The summed E-state index contributed by atoms with van der Waals surface area (Å²) in [5.41, 5.74) is 2.27. The van der Waals surface area contributed by atoms with Crippen LogP contribution in [0, 0.1) is 12.8 Å². The lowest BCUT2D eigenvalue weighted by atomic mass is 10.1. The summed E-state index contributed by atoms with van der Waals surface area (Å²) >= 11 is 0. The zero-order chi connectivity index (χ0) is 21.1. The highest BCUT2D eigenvalue weighted by Crippen LogP contribution is 2.20. The topological polar surface area (TPSA) is 72.7 Å².